The monoisotopic (exact) mass is 637 g/mol. The van der Waals surface area contributed by atoms with E-state index in [1.807, 2.05) is 36.8 Å². The Morgan fingerprint density at radius 3 is 1.60 bits per heavy atom. The van der Waals surface area contributed by atoms with Gasteiger partial charge in [0.1, 0.15) is 5.65 Å². The molecule has 5 aromatic heterocycles. The van der Waals surface area contributed by atoms with E-state index < -0.39 is 0 Å². The molecule has 5 heteroatoms. The van der Waals surface area contributed by atoms with Gasteiger partial charge in [0, 0.05) is 62.6 Å². The fraction of sp³-hybridized carbons (Fsp3) is 0. The van der Waals surface area contributed by atoms with Crippen LogP contribution >= 0.6 is 0 Å². The second kappa shape index (κ2) is 10.3. The number of hydrogen-bond donors (Lipinski definition) is 0. The van der Waals surface area contributed by atoms with Gasteiger partial charge < -0.3 is 4.57 Å². The van der Waals surface area contributed by atoms with Crippen molar-refractivity contribution in [1.82, 2.24) is 24.1 Å². The van der Waals surface area contributed by atoms with Crippen molar-refractivity contribution in [3.05, 3.63) is 164 Å². The third-order valence-electron chi connectivity index (χ3n) is 10.2. The number of benzene rings is 5. The third-order valence-corrected chi connectivity index (χ3v) is 10.2. The van der Waals surface area contributed by atoms with Crippen LogP contribution in [0.25, 0.3) is 99.9 Å². The summed E-state index contributed by atoms with van der Waals surface area (Å²) in [6, 6.07) is 52.1. The van der Waals surface area contributed by atoms with Crippen LogP contribution in [0, 0.1) is 0 Å². The van der Waals surface area contributed by atoms with Gasteiger partial charge in [-0.05, 0) is 89.0 Å². The van der Waals surface area contributed by atoms with E-state index in [2.05, 4.69) is 137 Å². The molecule has 0 unspecified atom stereocenters. The fourth-order valence-corrected chi connectivity index (χ4v) is 8.14. The lowest BCUT2D eigenvalue weighted by atomic mass is 9.84. The lowest BCUT2D eigenvalue weighted by molar-refractivity contribution is 1.13. The summed E-state index contributed by atoms with van der Waals surface area (Å²) < 4.78 is 4.68. The maximum atomic E-state index is 4.93. The second-order valence-electron chi connectivity index (χ2n) is 12.9. The Morgan fingerprint density at radius 2 is 0.820 bits per heavy atom. The average molecular weight is 638 g/mol. The molecule has 0 saturated heterocycles. The summed E-state index contributed by atoms with van der Waals surface area (Å²) in [5.74, 6) is 0. The van der Waals surface area contributed by atoms with Crippen LogP contribution in [0.1, 0.15) is 0 Å². The fourth-order valence-electron chi connectivity index (χ4n) is 8.14. The third kappa shape index (κ3) is 3.74. The number of para-hydroxylation sites is 2. The summed E-state index contributed by atoms with van der Waals surface area (Å²) >= 11 is 0. The van der Waals surface area contributed by atoms with Crippen molar-refractivity contribution < 1.29 is 0 Å². The van der Waals surface area contributed by atoms with Crippen LogP contribution < -0.4 is 0 Å². The molecule has 5 nitrogen and oxygen atoms in total. The highest BCUT2D eigenvalue weighted by Crippen LogP contribution is 2.47. The van der Waals surface area contributed by atoms with Gasteiger partial charge in [-0.15, -0.1) is 0 Å². The lowest BCUT2D eigenvalue weighted by Gasteiger charge is -2.22. The van der Waals surface area contributed by atoms with Gasteiger partial charge in [-0.2, -0.15) is 0 Å². The van der Waals surface area contributed by atoms with E-state index in [0.29, 0.717) is 0 Å². The summed E-state index contributed by atoms with van der Waals surface area (Å²) in [5, 5.41) is 4.75. The van der Waals surface area contributed by atoms with Gasteiger partial charge >= 0.3 is 0 Å². The van der Waals surface area contributed by atoms with Crippen LogP contribution in [0.2, 0.25) is 0 Å². The van der Waals surface area contributed by atoms with Gasteiger partial charge in [-0.3, -0.25) is 14.5 Å². The van der Waals surface area contributed by atoms with E-state index in [-0.39, 0.29) is 0 Å². The number of hydrogen-bond acceptors (Lipinski definition) is 3. The molecule has 0 bridgehead atoms. The molecule has 11 rings (SSSR count). The second-order valence-corrected chi connectivity index (χ2v) is 12.9. The summed E-state index contributed by atoms with van der Waals surface area (Å²) in [7, 11) is 0. The molecule has 0 N–H and O–H groups in total. The van der Waals surface area contributed by atoms with E-state index in [0.717, 1.165) is 72.6 Å². The Bertz CT molecular complexity index is 2940. The molecular weight excluding hydrogens is 611 g/mol. The van der Waals surface area contributed by atoms with Crippen molar-refractivity contribution in [2.75, 3.05) is 0 Å². The Labute approximate surface area is 287 Å². The van der Waals surface area contributed by atoms with E-state index in [4.69, 9.17) is 15.0 Å². The van der Waals surface area contributed by atoms with Gasteiger partial charge in [0.2, 0.25) is 0 Å². The topological polar surface area (TPSA) is 48.5 Å². The van der Waals surface area contributed by atoms with Gasteiger partial charge in [0.15, 0.2) is 0 Å². The van der Waals surface area contributed by atoms with Gasteiger partial charge in [-0.1, -0.05) is 78.9 Å². The van der Waals surface area contributed by atoms with Gasteiger partial charge in [0.05, 0.1) is 27.9 Å². The Balaban J connectivity index is 1.18. The minimum atomic E-state index is 0.891. The molecule has 0 saturated carbocycles. The number of nitrogens with zero attached hydrogens (tertiary/aromatic N) is 5. The highest BCUT2D eigenvalue weighted by atomic mass is 15.0. The Kier molecular flexibility index (Phi) is 5.60. The first kappa shape index (κ1) is 27.1. The lowest BCUT2D eigenvalue weighted by Crippen LogP contribution is -2.02. The van der Waals surface area contributed by atoms with Gasteiger partial charge in [0.25, 0.3) is 0 Å². The van der Waals surface area contributed by atoms with Crippen molar-refractivity contribution >= 4 is 43.7 Å². The first-order valence-electron chi connectivity index (χ1n) is 16.9. The predicted octanol–water partition coefficient (Wildman–Crippen LogP) is 11.0. The van der Waals surface area contributed by atoms with Crippen molar-refractivity contribution in [3.8, 4) is 56.1 Å². The molecule has 0 fully saturated rings. The van der Waals surface area contributed by atoms with Crippen LogP contribution in [0.3, 0.4) is 0 Å². The van der Waals surface area contributed by atoms with Crippen LogP contribution in [-0.2, 0) is 0 Å². The molecule has 0 atom stereocenters. The molecule has 1 aliphatic rings. The first-order chi connectivity index (χ1) is 24.8. The summed E-state index contributed by atoms with van der Waals surface area (Å²) in [6.07, 6.45) is 5.61. The maximum Gasteiger partial charge on any atom is 0.145 e. The molecule has 0 aliphatic heterocycles. The Morgan fingerprint density at radius 1 is 0.320 bits per heavy atom. The molecule has 0 spiro atoms. The molecule has 0 amide bonds. The largest absolute Gasteiger partial charge is 0.309 e. The normalized spacial score (nSPS) is 12.0. The van der Waals surface area contributed by atoms with Crippen molar-refractivity contribution in [2.24, 2.45) is 0 Å². The zero-order chi connectivity index (χ0) is 32.8. The SMILES string of the molecule is c1ccc2c(c1)-c1ccc(-n3c4ccccc4c4cc(-n5c6ccccc6c6cccnc65)ccc43)cc1-c1cccnc1-c1ncccc1-2. The molecule has 50 heavy (non-hydrogen) atoms. The van der Waals surface area contributed by atoms with Crippen molar-refractivity contribution in [1.29, 1.82) is 0 Å². The van der Waals surface area contributed by atoms with E-state index >= 15 is 0 Å². The van der Waals surface area contributed by atoms with Crippen LogP contribution in [-0.4, -0.2) is 24.1 Å². The van der Waals surface area contributed by atoms with E-state index in [1.54, 1.807) is 0 Å². The molecule has 0 radical (unpaired) electrons. The van der Waals surface area contributed by atoms with Gasteiger partial charge in [-0.25, -0.2) is 4.98 Å². The predicted molar refractivity (Wildman–Crippen MR) is 204 cm³/mol. The summed E-state index contributed by atoms with van der Waals surface area (Å²) in [6.45, 7) is 0. The van der Waals surface area contributed by atoms with Crippen molar-refractivity contribution in [3.63, 3.8) is 0 Å². The number of fused-ring (bicyclic) bond motifs is 14. The Hall–Kier alpha value is -6.85. The van der Waals surface area contributed by atoms with Crippen LogP contribution in [0.4, 0.5) is 0 Å². The summed E-state index contributed by atoms with van der Waals surface area (Å²) in [5.41, 5.74) is 15.2. The quantitative estimate of drug-likeness (QED) is 0.189. The van der Waals surface area contributed by atoms with E-state index in [9.17, 15) is 0 Å². The summed E-state index contributed by atoms with van der Waals surface area (Å²) in [4.78, 5) is 14.7. The molecule has 232 valence electrons. The van der Waals surface area contributed by atoms with Crippen LogP contribution in [0.5, 0.6) is 0 Å². The highest BCUT2D eigenvalue weighted by Gasteiger charge is 2.24. The zero-order valence-corrected chi connectivity index (χ0v) is 26.8. The van der Waals surface area contributed by atoms with Crippen molar-refractivity contribution in [2.45, 2.75) is 0 Å². The molecule has 5 aromatic carbocycles. The molecular formula is C45H27N5. The number of aromatic nitrogens is 5. The minimum absolute atomic E-state index is 0.891. The van der Waals surface area contributed by atoms with E-state index in [1.165, 1.54) is 27.3 Å². The minimum Gasteiger partial charge on any atom is -0.309 e. The first-order valence-corrected chi connectivity index (χ1v) is 16.9. The standard InChI is InChI=1S/C45H27N5/c1-2-11-31-30(10-1)32-21-19-28(26-38(32)36-15-8-24-47-44(36)43-35(31)14-7-23-46-43)49-40-17-5-4-13-34(40)39-27-29(20-22-42(39)49)50-41-18-6-3-12-33(41)37-16-9-25-48-45(37)50/h1-27H. The smallest absolute Gasteiger partial charge is 0.145 e. The molecule has 10 aromatic rings. The molecule has 1 aliphatic carbocycles. The average Bonchev–Trinajstić information content (AvgIpc) is 3.70. The maximum absolute atomic E-state index is 4.93. The highest BCUT2D eigenvalue weighted by molar-refractivity contribution is 6.12. The van der Waals surface area contributed by atoms with Crippen LogP contribution in [0.15, 0.2) is 164 Å². The number of rotatable bonds is 2. The molecule has 5 heterocycles. The zero-order valence-electron chi connectivity index (χ0n) is 26.8. The number of pyridine rings is 3.